The molecule has 2 aliphatic rings. The maximum Gasteiger partial charge on any atom is 0.431 e. The summed E-state index contributed by atoms with van der Waals surface area (Å²) in [5.41, 5.74) is -5.13. The highest BCUT2D eigenvalue weighted by atomic mass is 19.4. The van der Waals surface area contributed by atoms with E-state index in [1.807, 2.05) is 0 Å². The maximum atomic E-state index is 12.9. The number of epoxide rings is 2. The first-order valence-electron chi connectivity index (χ1n) is 6.78. The summed E-state index contributed by atoms with van der Waals surface area (Å²) in [6, 6.07) is 0. The van der Waals surface area contributed by atoms with Crippen molar-refractivity contribution < 1.29 is 53.4 Å². The van der Waals surface area contributed by atoms with Crippen LogP contribution in [0.15, 0.2) is 0 Å². The second-order valence-corrected chi connectivity index (χ2v) is 5.40. The lowest BCUT2D eigenvalue weighted by Gasteiger charge is -2.29. The molecule has 0 N–H and O–H groups in total. The van der Waals surface area contributed by atoms with Crippen LogP contribution in [0.2, 0.25) is 0 Å². The van der Waals surface area contributed by atoms with Crippen molar-refractivity contribution in [2.24, 2.45) is 0 Å². The van der Waals surface area contributed by atoms with Crippen LogP contribution in [-0.2, 0) is 9.47 Å². The Morgan fingerprint density at radius 1 is 0.625 bits per heavy atom. The highest BCUT2D eigenvalue weighted by Crippen LogP contribution is 2.49. The van der Waals surface area contributed by atoms with Crippen LogP contribution >= 0.6 is 0 Å². The van der Waals surface area contributed by atoms with E-state index in [2.05, 4.69) is 9.47 Å². The number of hydrogen-bond acceptors (Lipinski definition) is 2. The molecule has 0 radical (unpaired) electrons. The molecule has 0 spiro atoms. The quantitative estimate of drug-likeness (QED) is 0.509. The van der Waals surface area contributed by atoms with Crippen molar-refractivity contribution in [1.29, 1.82) is 0 Å². The smallest absolute Gasteiger partial charge is 0.373 e. The van der Waals surface area contributed by atoms with Crippen LogP contribution in [0, 0.1) is 0 Å². The topological polar surface area (TPSA) is 25.1 Å². The summed E-state index contributed by atoms with van der Waals surface area (Å²) in [5, 5.41) is 0. The third kappa shape index (κ3) is 6.99. The SMILES string of the molecule is FC(F)(F)C(F)(CCC1CO1)C(F)(F)F.FC(F)(F)CCC1CO1. The number of halogens is 10. The summed E-state index contributed by atoms with van der Waals surface area (Å²) in [7, 11) is 0. The van der Waals surface area contributed by atoms with E-state index >= 15 is 0 Å². The molecule has 12 heteroatoms. The molecule has 144 valence electrons. The Kier molecular flexibility index (Phi) is 6.40. The van der Waals surface area contributed by atoms with Gasteiger partial charge in [0.05, 0.1) is 25.4 Å². The largest absolute Gasteiger partial charge is 0.431 e. The Morgan fingerprint density at radius 2 is 0.958 bits per heavy atom. The molecule has 2 unspecified atom stereocenters. The van der Waals surface area contributed by atoms with Crippen molar-refractivity contribution in [2.45, 2.75) is 62.1 Å². The van der Waals surface area contributed by atoms with E-state index in [9.17, 15) is 43.9 Å². The first-order chi connectivity index (χ1) is 10.7. The Labute approximate surface area is 130 Å². The first kappa shape index (κ1) is 21.3. The molecule has 24 heavy (non-hydrogen) atoms. The fraction of sp³-hybridized carbons (Fsp3) is 1.00. The molecule has 0 aromatic carbocycles. The van der Waals surface area contributed by atoms with Crippen molar-refractivity contribution in [2.75, 3.05) is 13.2 Å². The highest BCUT2D eigenvalue weighted by molar-refractivity contribution is 4.95. The Bertz CT molecular complexity index is 378. The predicted molar refractivity (Wildman–Crippen MR) is 60.0 cm³/mol. The van der Waals surface area contributed by atoms with Gasteiger partial charge in [0.1, 0.15) is 0 Å². The Hall–Kier alpha value is -0.780. The van der Waals surface area contributed by atoms with E-state index in [0.717, 1.165) is 0 Å². The highest BCUT2D eigenvalue weighted by Gasteiger charge is 2.72. The predicted octanol–water partition coefficient (Wildman–Crippen LogP) is 4.73. The van der Waals surface area contributed by atoms with Crippen LogP contribution in [0.25, 0.3) is 0 Å². The zero-order valence-electron chi connectivity index (χ0n) is 12.0. The van der Waals surface area contributed by atoms with E-state index in [4.69, 9.17) is 0 Å². The third-order valence-corrected chi connectivity index (χ3v) is 3.26. The van der Waals surface area contributed by atoms with Crippen molar-refractivity contribution in [1.82, 2.24) is 0 Å². The van der Waals surface area contributed by atoms with Gasteiger partial charge >= 0.3 is 18.5 Å². The molecule has 0 amide bonds. The normalized spacial score (nSPS) is 24.2. The van der Waals surface area contributed by atoms with Gasteiger partial charge in [0.15, 0.2) is 0 Å². The van der Waals surface area contributed by atoms with E-state index in [0.29, 0.717) is 6.61 Å². The maximum absolute atomic E-state index is 12.9. The fourth-order valence-corrected chi connectivity index (χ4v) is 1.60. The minimum absolute atomic E-state index is 0.0891. The zero-order valence-corrected chi connectivity index (χ0v) is 12.0. The summed E-state index contributed by atoms with van der Waals surface area (Å²) in [5.74, 6) is 0. The van der Waals surface area contributed by atoms with Gasteiger partial charge in [-0.1, -0.05) is 0 Å². The molecule has 2 fully saturated rings. The summed E-state index contributed by atoms with van der Waals surface area (Å²) >= 11 is 0. The number of hydrogen-bond donors (Lipinski definition) is 0. The van der Waals surface area contributed by atoms with E-state index < -0.39 is 49.6 Å². The van der Waals surface area contributed by atoms with Crippen LogP contribution < -0.4 is 0 Å². The van der Waals surface area contributed by atoms with Crippen LogP contribution in [0.5, 0.6) is 0 Å². The van der Waals surface area contributed by atoms with Crippen molar-refractivity contribution >= 4 is 0 Å². The summed E-state index contributed by atoms with van der Waals surface area (Å²) < 4.78 is 128. The molecular weight excluding hydrogens is 366 g/mol. The Balaban J connectivity index is 0.000000272. The second kappa shape index (κ2) is 7.22. The third-order valence-electron chi connectivity index (χ3n) is 3.26. The van der Waals surface area contributed by atoms with Gasteiger partial charge in [0.2, 0.25) is 0 Å². The molecule has 2 heterocycles. The van der Waals surface area contributed by atoms with Gasteiger partial charge in [0, 0.05) is 12.8 Å². The second-order valence-electron chi connectivity index (χ2n) is 5.40. The lowest BCUT2D eigenvalue weighted by Crippen LogP contribution is -2.53. The van der Waals surface area contributed by atoms with Crippen LogP contribution in [0.3, 0.4) is 0 Å². The van der Waals surface area contributed by atoms with Crippen molar-refractivity contribution in [3.8, 4) is 0 Å². The van der Waals surface area contributed by atoms with E-state index in [1.54, 1.807) is 0 Å². The average Bonchev–Trinajstić information content (AvgIpc) is 3.24. The van der Waals surface area contributed by atoms with Gasteiger partial charge in [-0.25, -0.2) is 4.39 Å². The van der Waals surface area contributed by atoms with Gasteiger partial charge in [0.25, 0.3) is 5.67 Å². The molecule has 2 saturated heterocycles. The standard InChI is InChI=1S/C7H7F7O.C5H7F3O/c8-5(6(9,10)11,7(12,13)14)2-1-4-3-15-4;6-5(7,8)2-1-4-3-9-4/h4H,1-3H2;4H,1-3H2. The minimum Gasteiger partial charge on any atom is -0.373 e. The van der Waals surface area contributed by atoms with E-state index in [1.165, 1.54) is 0 Å². The summed E-state index contributed by atoms with van der Waals surface area (Å²) in [6.07, 6.45) is -19.5. The van der Waals surface area contributed by atoms with Crippen LogP contribution in [-0.4, -0.2) is 49.6 Å². The first-order valence-corrected chi connectivity index (χ1v) is 6.78. The lowest BCUT2D eigenvalue weighted by molar-refractivity contribution is -0.343. The molecule has 0 saturated carbocycles. The fourth-order valence-electron chi connectivity index (χ4n) is 1.60. The van der Waals surface area contributed by atoms with Crippen LogP contribution in [0.4, 0.5) is 43.9 Å². The van der Waals surface area contributed by atoms with Gasteiger partial charge < -0.3 is 9.47 Å². The van der Waals surface area contributed by atoms with E-state index in [-0.39, 0.29) is 19.1 Å². The van der Waals surface area contributed by atoms with Gasteiger partial charge in [-0.15, -0.1) is 0 Å². The zero-order chi connectivity index (χ0) is 18.8. The van der Waals surface area contributed by atoms with Gasteiger partial charge in [-0.3, -0.25) is 0 Å². The van der Waals surface area contributed by atoms with Crippen molar-refractivity contribution in [3.63, 3.8) is 0 Å². The number of ether oxygens (including phenoxy) is 2. The van der Waals surface area contributed by atoms with Gasteiger partial charge in [-0.2, -0.15) is 39.5 Å². The molecular formula is C12H14F10O2. The summed E-state index contributed by atoms with van der Waals surface area (Å²) in [6.45, 7) is 0.599. The van der Waals surface area contributed by atoms with Crippen molar-refractivity contribution in [3.05, 3.63) is 0 Å². The molecule has 2 atom stereocenters. The molecule has 0 bridgehead atoms. The Morgan fingerprint density at radius 3 is 1.21 bits per heavy atom. The minimum atomic E-state index is -5.94. The molecule has 2 rings (SSSR count). The molecule has 2 aliphatic heterocycles. The molecule has 0 aromatic heterocycles. The molecule has 2 nitrogen and oxygen atoms in total. The monoisotopic (exact) mass is 380 g/mol. The molecule has 0 aliphatic carbocycles. The lowest BCUT2D eigenvalue weighted by atomic mass is 9.97. The van der Waals surface area contributed by atoms with Crippen LogP contribution in [0.1, 0.15) is 25.7 Å². The molecule has 0 aromatic rings. The summed E-state index contributed by atoms with van der Waals surface area (Å²) in [4.78, 5) is 0. The average molecular weight is 380 g/mol. The number of rotatable bonds is 5. The van der Waals surface area contributed by atoms with Gasteiger partial charge in [-0.05, 0) is 12.8 Å². The number of alkyl halides is 10.